The molecule has 1 aromatic rings. The van der Waals surface area contributed by atoms with E-state index in [0.717, 1.165) is 26.1 Å². The van der Waals surface area contributed by atoms with Gasteiger partial charge in [0, 0.05) is 26.2 Å². The molecule has 1 heterocycles. The predicted octanol–water partition coefficient (Wildman–Crippen LogP) is 0.712. The van der Waals surface area contributed by atoms with E-state index in [2.05, 4.69) is 29.2 Å². The summed E-state index contributed by atoms with van der Waals surface area (Å²) in [5.41, 5.74) is 8.00. The standard InChI is InChI=1S/C12H18N2O/c13-7-10-1-3-11(4-2-10)8-14-6-5-12(15)9-14/h1-4,12,15H,5-9,13H2/t12-/m1/s1. The third-order valence-electron chi connectivity index (χ3n) is 2.91. The van der Waals surface area contributed by atoms with Gasteiger partial charge in [-0.2, -0.15) is 0 Å². The largest absolute Gasteiger partial charge is 0.392 e. The molecule has 1 fully saturated rings. The molecule has 3 heteroatoms. The van der Waals surface area contributed by atoms with E-state index in [-0.39, 0.29) is 6.10 Å². The van der Waals surface area contributed by atoms with Crippen molar-refractivity contribution in [3.63, 3.8) is 0 Å². The first-order chi connectivity index (χ1) is 7.28. The molecule has 1 saturated heterocycles. The number of hydrogen-bond donors (Lipinski definition) is 2. The van der Waals surface area contributed by atoms with Crippen LogP contribution < -0.4 is 5.73 Å². The van der Waals surface area contributed by atoms with Crippen LogP contribution in [0, 0.1) is 0 Å². The van der Waals surface area contributed by atoms with Gasteiger partial charge in [-0.1, -0.05) is 24.3 Å². The lowest BCUT2D eigenvalue weighted by Gasteiger charge is -2.14. The lowest BCUT2D eigenvalue weighted by atomic mass is 10.1. The van der Waals surface area contributed by atoms with E-state index in [1.54, 1.807) is 0 Å². The topological polar surface area (TPSA) is 49.5 Å². The average Bonchev–Trinajstić information content (AvgIpc) is 2.65. The molecular weight excluding hydrogens is 188 g/mol. The first kappa shape index (κ1) is 10.6. The van der Waals surface area contributed by atoms with E-state index in [9.17, 15) is 5.11 Å². The summed E-state index contributed by atoms with van der Waals surface area (Å²) in [6.45, 7) is 3.34. The van der Waals surface area contributed by atoms with Gasteiger partial charge < -0.3 is 10.8 Å². The number of β-amino-alcohol motifs (C(OH)–C–C–N with tert-alkyl or cyclic N) is 1. The second kappa shape index (κ2) is 4.75. The van der Waals surface area contributed by atoms with E-state index in [1.807, 2.05) is 0 Å². The summed E-state index contributed by atoms with van der Waals surface area (Å²) in [5.74, 6) is 0. The first-order valence-electron chi connectivity index (χ1n) is 5.46. The monoisotopic (exact) mass is 206 g/mol. The van der Waals surface area contributed by atoms with Crippen LogP contribution in [-0.2, 0) is 13.1 Å². The van der Waals surface area contributed by atoms with Gasteiger partial charge in [0.05, 0.1) is 6.10 Å². The highest BCUT2D eigenvalue weighted by atomic mass is 16.3. The van der Waals surface area contributed by atoms with Crippen molar-refractivity contribution in [2.45, 2.75) is 25.6 Å². The highest BCUT2D eigenvalue weighted by molar-refractivity contribution is 5.22. The molecule has 0 bridgehead atoms. The summed E-state index contributed by atoms with van der Waals surface area (Å²) < 4.78 is 0. The zero-order chi connectivity index (χ0) is 10.7. The van der Waals surface area contributed by atoms with Gasteiger partial charge >= 0.3 is 0 Å². The molecule has 0 spiro atoms. The molecule has 3 N–H and O–H groups in total. The number of rotatable bonds is 3. The Bertz CT molecular complexity index is 310. The zero-order valence-electron chi connectivity index (χ0n) is 8.89. The summed E-state index contributed by atoms with van der Waals surface area (Å²) in [6, 6.07) is 8.38. The number of nitrogens with two attached hydrogens (primary N) is 1. The minimum Gasteiger partial charge on any atom is -0.392 e. The van der Waals surface area contributed by atoms with E-state index < -0.39 is 0 Å². The smallest absolute Gasteiger partial charge is 0.0679 e. The maximum atomic E-state index is 9.40. The van der Waals surface area contributed by atoms with Crippen molar-refractivity contribution in [2.75, 3.05) is 13.1 Å². The van der Waals surface area contributed by atoms with E-state index >= 15 is 0 Å². The van der Waals surface area contributed by atoms with Crippen LogP contribution in [0.25, 0.3) is 0 Å². The highest BCUT2D eigenvalue weighted by Crippen LogP contribution is 2.13. The molecule has 2 rings (SSSR count). The molecule has 1 atom stereocenters. The van der Waals surface area contributed by atoms with Gasteiger partial charge in [-0.05, 0) is 17.5 Å². The zero-order valence-corrected chi connectivity index (χ0v) is 8.89. The normalized spacial score (nSPS) is 22.1. The fourth-order valence-corrected chi connectivity index (χ4v) is 1.99. The van der Waals surface area contributed by atoms with Crippen LogP contribution in [0.15, 0.2) is 24.3 Å². The third-order valence-corrected chi connectivity index (χ3v) is 2.91. The molecule has 0 aromatic heterocycles. The van der Waals surface area contributed by atoms with E-state index in [4.69, 9.17) is 5.73 Å². The molecule has 1 aliphatic heterocycles. The van der Waals surface area contributed by atoms with Gasteiger partial charge in [-0.3, -0.25) is 4.90 Å². The van der Waals surface area contributed by atoms with Crippen LogP contribution in [0.2, 0.25) is 0 Å². The van der Waals surface area contributed by atoms with Gasteiger partial charge in [0.1, 0.15) is 0 Å². The summed E-state index contributed by atoms with van der Waals surface area (Å²) in [6.07, 6.45) is 0.772. The number of likely N-dealkylation sites (tertiary alicyclic amines) is 1. The summed E-state index contributed by atoms with van der Waals surface area (Å²) in [5, 5.41) is 9.40. The quantitative estimate of drug-likeness (QED) is 0.766. The predicted molar refractivity (Wildman–Crippen MR) is 60.2 cm³/mol. The Kier molecular flexibility index (Phi) is 3.36. The SMILES string of the molecule is NCc1ccc(CN2CC[C@@H](O)C2)cc1. The number of aliphatic hydroxyl groups excluding tert-OH is 1. The Morgan fingerprint density at radius 2 is 1.93 bits per heavy atom. The van der Waals surface area contributed by atoms with Crippen molar-refractivity contribution < 1.29 is 5.11 Å². The van der Waals surface area contributed by atoms with Crippen molar-refractivity contribution in [2.24, 2.45) is 5.73 Å². The van der Waals surface area contributed by atoms with E-state index in [1.165, 1.54) is 11.1 Å². The lowest BCUT2D eigenvalue weighted by molar-refractivity contribution is 0.175. The fraction of sp³-hybridized carbons (Fsp3) is 0.500. The Labute approximate surface area is 90.5 Å². The van der Waals surface area contributed by atoms with E-state index in [0.29, 0.717) is 6.54 Å². The Morgan fingerprint density at radius 1 is 1.27 bits per heavy atom. The van der Waals surface area contributed by atoms with Crippen LogP contribution in [0.1, 0.15) is 17.5 Å². The molecule has 1 aromatic carbocycles. The van der Waals surface area contributed by atoms with Crippen LogP contribution in [0.4, 0.5) is 0 Å². The van der Waals surface area contributed by atoms with Crippen molar-refractivity contribution in [1.29, 1.82) is 0 Å². The molecule has 0 aliphatic carbocycles. The molecule has 1 aliphatic rings. The van der Waals surface area contributed by atoms with Gasteiger partial charge in [0.15, 0.2) is 0 Å². The number of hydrogen-bond acceptors (Lipinski definition) is 3. The highest BCUT2D eigenvalue weighted by Gasteiger charge is 2.19. The summed E-state index contributed by atoms with van der Waals surface area (Å²) in [7, 11) is 0. The lowest BCUT2D eigenvalue weighted by Crippen LogP contribution is -2.21. The van der Waals surface area contributed by atoms with Crippen LogP contribution in [-0.4, -0.2) is 29.2 Å². The molecule has 0 saturated carbocycles. The Morgan fingerprint density at radius 3 is 2.47 bits per heavy atom. The molecule has 82 valence electrons. The van der Waals surface area contributed by atoms with Crippen LogP contribution in [0.3, 0.4) is 0 Å². The van der Waals surface area contributed by atoms with Gasteiger partial charge in [-0.15, -0.1) is 0 Å². The third kappa shape index (κ3) is 2.78. The van der Waals surface area contributed by atoms with Crippen molar-refractivity contribution >= 4 is 0 Å². The van der Waals surface area contributed by atoms with Gasteiger partial charge in [0.2, 0.25) is 0 Å². The van der Waals surface area contributed by atoms with Crippen molar-refractivity contribution in [1.82, 2.24) is 4.90 Å². The first-order valence-corrected chi connectivity index (χ1v) is 5.46. The van der Waals surface area contributed by atoms with Gasteiger partial charge in [-0.25, -0.2) is 0 Å². The Hall–Kier alpha value is -0.900. The van der Waals surface area contributed by atoms with Crippen molar-refractivity contribution in [3.8, 4) is 0 Å². The van der Waals surface area contributed by atoms with Crippen LogP contribution >= 0.6 is 0 Å². The molecule has 3 nitrogen and oxygen atoms in total. The molecule has 0 amide bonds. The maximum absolute atomic E-state index is 9.40. The number of benzene rings is 1. The summed E-state index contributed by atoms with van der Waals surface area (Å²) >= 11 is 0. The molecule has 15 heavy (non-hydrogen) atoms. The molecule has 0 unspecified atom stereocenters. The maximum Gasteiger partial charge on any atom is 0.0679 e. The van der Waals surface area contributed by atoms with Crippen molar-refractivity contribution in [3.05, 3.63) is 35.4 Å². The summed E-state index contributed by atoms with van der Waals surface area (Å²) in [4.78, 5) is 2.28. The second-order valence-corrected chi connectivity index (χ2v) is 4.20. The molecule has 0 radical (unpaired) electrons. The Balaban J connectivity index is 1.93. The molecular formula is C12H18N2O. The number of nitrogens with zero attached hydrogens (tertiary/aromatic N) is 1. The second-order valence-electron chi connectivity index (χ2n) is 4.20. The minimum absolute atomic E-state index is 0.131. The van der Waals surface area contributed by atoms with Crippen LogP contribution in [0.5, 0.6) is 0 Å². The number of aliphatic hydroxyl groups is 1. The fourth-order valence-electron chi connectivity index (χ4n) is 1.99. The van der Waals surface area contributed by atoms with Gasteiger partial charge in [0.25, 0.3) is 0 Å². The minimum atomic E-state index is -0.131. The average molecular weight is 206 g/mol.